The molecule has 0 aliphatic carbocycles. The van der Waals surface area contributed by atoms with Crippen molar-refractivity contribution in [3.8, 4) is 17.1 Å². The maximum Gasteiger partial charge on any atom is 0.158 e. The normalized spacial score (nSPS) is 15.5. The Labute approximate surface area is 153 Å². The number of fused-ring (bicyclic) bond motifs is 1. The number of aliphatic hydroxyl groups is 1. The van der Waals surface area contributed by atoms with Crippen molar-refractivity contribution in [2.75, 3.05) is 51.3 Å². The second kappa shape index (κ2) is 7.40. The summed E-state index contributed by atoms with van der Waals surface area (Å²) in [6.07, 6.45) is 0. The van der Waals surface area contributed by atoms with Gasteiger partial charge in [-0.15, -0.1) is 0 Å². The largest absolute Gasteiger partial charge is 0.497 e. The van der Waals surface area contributed by atoms with Gasteiger partial charge in [-0.2, -0.15) is 0 Å². The van der Waals surface area contributed by atoms with Gasteiger partial charge in [0.1, 0.15) is 11.3 Å². The molecule has 1 aromatic heterocycles. The SMILES string of the molecule is COc1ccc2oc(-c3ccccc3)c(N3CCN(CCO)CC3)c2c1. The lowest BCUT2D eigenvalue weighted by Gasteiger charge is -2.35. The summed E-state index contributed by atoms with van der Waals surface area (Å²) in [5.41, 5.74) is 3.08. The Morgan fingerprint density at radius 3 is 2.50 bits per heavy atom. The number of rotatable bonds is 5. The number of β-amino-alcohol motifs (C(OH)–C–C–N with tert-alkyl or cyclic N) is 1. The van der Waals surface area contributed by atoms with Crippen LogP contribution in [-0.4, -0.2) is 56.4 Å². The number of hydrogen-bond donors (Lipinski definition) is 1. The van der Waals surface area contributed by atoms with E-state index in [2.05, 4.69) is 28.0 Å². The zero-order valence-electron chi connectivity index (χ0n) is 15.0. The zero-order valence-corrected chi connectivity index (χ0v) is 15.0. The summed E-state index contributed by atoms with van der Waals surface area (Å²) in [6.45, 7) is 4.63. The molecule has 4 rings (SSSR count). The van der Waals surface area contributed by atoms with Gasteiger partial charge in [-0.25, -0.2) is 0 Å². The highest BCUT2D eigenvalue weighted by Gasteiger charge is 2.25. The Bertz CT molecular complexity index is 868. The van der Waals surface area contributed by atoms with E-state index in [9.17, 15) is 5.11 Å². The van der Waals surface area contributed by atoms with Crippen LogP contribution in [-0.2, 0) is 0 Å². The van der Waals surface area contributed by atoms with Crippen LogP contribution >= 0.6 is 0 Å². The number of hydrogen-bond acceptors (Lipinski definition) is 5. The van der Waals surface area contributed by atoms with Crippen molar-refractivity contribution in [2.24, 2.45) is 0 Å². The smallest absolute Gasteiger partial charge is 0.158 e. The Balaban J connectivity index is 1.78. The molecule has 5 nitrogen and oxygen atoms in total. The zero-order chi connectivity index (χ0) is 17.9. The minimum atomic E-state index is 0.209. The lowest BCUT2D eigenvalue weighted by Crippen LogP contribution is -2.47. The number of nitrogens with zero attached hydrogens (tertiary/aromatic N) is 2. The molecule has 0 amide bonds. The molecule has 1 aliphatic heterocycles. The molecule has 0 radical (unpaired) electrons. The Hall–Kier alpha value is -2.50. The lowest BCUT2D eigenvalue weighted by molar-refractivity contribution is 0.189. The molecule has 0 unspecified atom stereocenters. The number of methoxy groups -OCH3 is 1. The minimum Gasteiger partial charge on any atom is -0.497 e. The monoisotopic (exact) mass is 352 g/mol. The van der Waals surface area contributed by atoms with Gasteiger partial charge in [-0.1, -0.05) is 30.3 Å². The van der Waals surface area contributed by atoms with E-state index in [1.807, 2.05) is 30.3 Å². The highest BCUT2D eigenvalue weighted by atomic mass is 16.5. The highest BCUT2D eigenvalue weighted by Crippen LogP contribution is 2.42. The van der Waals surface area contributed by atoms with Crippen LogP contribution in [0, 0.1) is 0 Å². The van der Waals surface area contributed by atoms with Crippen molar-refractivity contribution < 1.29 is 14.3 Å². The van der Waals surface area contributed by atoms with Crippen molar-refractivity contribution >= 4 is 16.7 Å². The number of piperazine rings is 1. The van der Waals surface area contributed by atoms with Crippen LogP contribution in [0.1, 0.15) is 0 Å². The fourth-order valence-electron chi connectivity index (χ4n) is 3.63. The summed E-state index contributed by atoms with van der Waals surface area (Å²) < 4.78 is 11.7. The lowest BCUT2D eigenvalue weighted by atomic mass is 10.1. The van der Waals surface area contributed by atoms with E-state index in [1.54, 1.807) is 7.11 Å². The standard InChI is InChI=1S/C21H24N2O3/c1-25-17-7-8-19-18(15-17)20(21(26-19)16-5-3-2-4-6-16)23-11-9-22(10-12-23)13-14-24/h2-8,15,24H,9-14H2,1H3. The molecule has 0 bridgehead atoms. The summed E-state index contributed by atoms with van der Waals surface area (Å²) in [5, 5.41) is 10.3. The van der Waals surface area contributed by atoms with Crippen molar-refractivity contribution in [1.29, 1.82) is 0 Å². The topological polar surface area (TPSA) is 49.1 Å². The van der Waals surface area contributed by atoms with Crippen LogP contribution in [0.5, 0.6) is 5.75 Å². The average molecular weight is 352 g/mol. The quantitative estimate of drug-likeness (QED) is 0.764. The van der Waals surface area contributed by atoms with Gasteiger partial charge in [0.25, 0.3) is 0 Å². The number of anilines is 1. The second-order valence-corrected chi connectivity index (χ2v) is 6.56. The van der Waals surface area contributed by atoms with Crippen LogP contribution in [0.15, 0.2) is 52.9 Å². The summed E-state index contributed by atoms with van der Waals surface area (Å²) in [4.78, 5) is 4.68. The summed E-state index contributed by atoms with van der Waals surface area (Å²) in [5.74, 6) is 1.74. The first-order valence-corrected chi connectivity index (χ1v) is 9.04. The maximum atomic E-state index is 9.18. The molecule has 2 heterocycles. The molecule has 136 valence electrons. The van der Waals surface area contributed by atoms with Gasteiger partial charge < -0.3 is 19.2 Å². The van der Waals surface area contributed by atoms with Gasteiger partial charge in [-0.05, 0) is 18.2 Å². The average Bonchev–Trinajstić information content (AvgIpc) is 3.08. The van der Waals surface area contributed by atoms with Crippen LogP contribution in [0.3, 0.4) is 0 Å². The molecule has 1 fully saturated rings. The van der Waals surface area contributed by atoms with Gasteiger partial charge in [-0.3, -0.25) is 4.90 Å². The van der Waals surface area contributed by atoms with Crippen molar-refractivity contribution in [2.45, 2.75) is 0 Å². The first-order valence-electron chi connectivity index (χ1n) is 9.04. The molecule has 0 atom stereocenters. The van der Waals surface area contributed by atoms with Gasteiger partial charge in [0.05, 0.1) is 19.4 Å². The Morgan fingerprint density at radius 2 is 1.81 bits per heavy atom. The third-order valence-electron chi connectivity index (χ3n) is 5.01. The van der Waals surface area contributed by atoms with Crippen LogP contribution in [0.25, 0.3) is 22.3 Å². The molecule has 5 heteroatoms. The third kappa shape index (κ3) is 3.16. The van der Waals surface area contributed by atoms with Gasteiger partial charge >= 0.3 is 0 Å². The van der Waals surface area contributed by atoms with E-state index < -0.39 is 0 Å². The summed E-state index contributed by atoms with van der Waals surface area (Å²) in [6, 6.07) is 16.2. The van der Waals surface area contributed by atoms with Gasteiger partial charge in [0.15, 0.2) is 5.76 Å². The van der Waals surface area contributed by atoms with E-state index in [0.29, 0.717) is 0 Å². The number of furan rings is 1. The molecule has 26 heavy (non-hydrogen) atoms. The first-order chi connectivity index (χ1) is 12.8. The predicted molar refractivity (Wildman–Crippen MR) is 104 cm³/mol. The van der Waals surface area contributed by atoms with Gasteiger partial charge in [0.2, 0.25) is 0 Å². The highest BCUT2D eigenvalue weighted by molar-refractivity contribution is 6.00. The summed E-state index contributed by atoms with van der Waals surface area (Å²) >= 11 is 0. The van der Waals surface area contributed by atoms with Crippen molar-refractivity contribution in [1.82, 2.24) is 4.90 Å². The van der Waals surface area contributed by atoms with E-state index in [-0.39, 0.29) is 6.61 Å². The predicted octanol–water partition coefficient (Wildman–Crippen LogP) is 3.22. The number of benzene rings is 2. The van der Waals surface area contributed by atoms with Crippen molar-refractivity contribution in [3.05, 3.63) is 48.5 Å². The molecule has 1 aliphatic rings. The van der Waals surface area contributed by atoms with Crippen LogP contribution < -0.4 is 9.64 Å². The van der Waals surface area contributed by atoms with E-state index in [4.69, 9.17) is 9.15 Å². The van der Waals surface area contributed by atoms with Crippen LogP contribution in [0.2, 0.25) is 0 Å². The fourth-order valence-corrected chi connectivity index (χ4v) is 3.63. The van der Waals surface area contributed by atoms with E-state index >= 15 is 0 Å². The second-order valence-electron chi connectivity index (χ2n) is 6.56. The molecule has 2 aromatic carbocycles. The molecule has 3 aromatic rings. The number of ether oxygens (including phenoxy) is 1. The van der Waals surface area contributed by atoms with Crippen LogP contribution in [0.4, 0.5) is 5.69 Å². The first kappa shape index (κ1) is 16.9. The van der Waals surface area contributed by atoms with E-state index in [0.717, 1.165) is 66.5 Å². The molecular formula is C21H24N2O3. The van der Waals surface area contributed by atoms with Crippen molar-refractivity contribution in [3.63, 3.8) is 0 Å². The Morgan fingerprint density at radius 1 is 1.04 bits per heavy atom. The molecule has 1 saturated heterocycles. The Kier molecular flexibility index (Phi) is 4.82. The minimum absolute atomic E-state index is 0.209. The molecule has 1 N–H and O–H groups in total. The van der Waals surface area contributed by atoms with E-state index in [1.165, 1.54) is 0 Å². The van der Waals surface area contributed by atoms with Gasteiger partial charge in [0, 0.05) is 43.7 Å². The molecular weight excluding hydrogens is 328 g/mol. The molecule has 0 spiro atoms. The summed E-state index contributed by atoms with van der Waals surface area (Å²) in [7, 11) is 1.69. The maximum absolute atomic E-state index is 9.18. The number of aliphatic hydroxyl groups excluding tert-OH is 1. The molecule has 0 saturated carbocycles. The third-order valence-corrected chi connectivity index (χ3v) is 5.01. The fraction of sp³-hybridized carbons (Fsp3) is 0.333.